The number of halogens is 1. The summed E-state index contributed by atoms with van der Waals surface area (Å²) in [5.74, 6) is -0.232. The van der Waals surface area contributed by atoms with Crippen LogP contribution in [0.3, 0.4) is 0 Å². The Kier molecular flexibility index (Phi) is 11.1. The molecule has 0 amide bonds. The van der Waals surface area contributed by atoms with E-state index in [1.54, 1.807) is 6.08 Å². The molecule has 6 heteroatoms. The van der Waals surface area contributed by atoms with Gasteiger partial charge in [-0.1, -0.05) is 38.3 Å². The van der Waals surface area contributed by atoms with Crippen molar-refractivity contribution in [2.24, 2.45) is 17.8 Å². The summed E-state index contributed by atoms with van der Waals surface area (Å²) < 4.78 is 0. The summed E-state index contributed by atoms with van der Waals surface area (Å²) >= 11 is 5.71. The molecule has 1 saturated carbocycles. The van der Waals surface area contributed by atoms with Gasteiger partial charge in [-0.15, -0.1) is 11.6 Å². The molecule has 3 N–H and O–H groups in total. The average Bonchev–Trinajstić information content (AvgIpc) is 2.82. The van der Waals surface area contributed by atoms with Crippen LogP contribution in [0.2, 0.25) is 0 Å². The molecular formula is C20H33ClO5. The SMILES string of the molecule is CC(CCCl)CC(O)C=C[C@H]1[C@H](O)CC(=O)[C@@H]1CCCCCCC(=O)O. The van der Waals surface area contributed by atoms with Gasteiger partial charge in [0.1, 0.15) is 5.78 Å². The number of rotatable bonds is 13. The lowest BCUT2D eigenvalue weighted by atomic mass is 9.88. The Labute approximate surface area is 161 Å². The van der Waals surface area contributed by atoms with Crippen LogP contribution in [0.1, 0.15) is 64.7 Å². The highest BCUT2D eigenvalue weighted by Crippen LogP contribution is 2.34. The van der Waals surface area contributed by atoms with Crippen molar-refractivity contribution in [3.8, 4) is 0 Å². The minimum atomic E-state index is -0.775. The zero-order valence-corrected chi connectivity index (χ0v) is 16.4. The van der Waals surface area contributed by atoms with Crippen LogP contribution in [0.25, 0.3) is 0 Å². The fourth-order valence-electron chi connectivity index (χ4n) is 3.64. The van der Waals surface area contributed by atoms with Crippen LogP contribution in [-0.2, 0) is 9.59 Å². The normalized spacial score (nSPS) is 25.7. The number of Topliss-reactive ketones (excluding diaryl/α,β-unsaturated/α-hetero) is 1. The van der Waals surface area contributed by atoms with Crippen LogP contribution < -0.4 is 0 Å². The molecule has 1 fully saturated rings. The summed E-state index contributed by atoms with van der Waals surface area (Å²) in [5.41, 5.74) is 0. The van der Waals surface area contributed by atoms with Gasteiger partial charge in [-0.2, -0.15) is 0 Å². The van der Waals surface area contributed by atoms with Crippen LogP contribution in [-0.4, -0.2) is 45.2 Å². The highest BCUT2D eigenvalue weighted by molar-refractivity contribution is 6.17. The molecule has 150 valence electrons. The van der Waals surface area contributed by atoms with Gasteiger partial charge in [-0.3, -0.25) is 9.59 Å². The standard InChI is InChI=1S/C20H33ClO5/c1-14(10-11-21)12-15(22)8-9-17-16(18(23)13-19(17)24)6-4-2-3-5-7-20(25)26/h8-9,14-17,19,22,24H,2-7,10-13H2,1H3,(H,25,26)/t14?,15?,16-,17-,19-/m1/s1. The molecule has 0 bridgehead atoms. The van der Waals surface area contributed by atoms with Crippen molar-refractivity contribution in [3.63, 3.8) is 0 Å². The number of aliphatic carboxylic acids is 1. The number of ketones is 1. The Hall–Kier alpha value is -0.910. The summed E-state index contributed by atoms with van der Waals surface area (Å²) in [6.45, 7) is 2.04. The second-order valence-electron chi connectivity index (χ2n) is 7.54. The first-order chi connectivity index (χ1) is 12.3. The van der Waals surface area contributed by atoms with Crippen molar-refractivity contribution in [1.82, 2.24) is 0 Å². The van der Waals surface area contributed by atoms with Crippen molar-refractivity contribution < 1.29 is 24.9 Å². The van der Waals surface area contributed by atoms with E-state index in [0.29, 0.717) is 31.1 Å². The number of carbonyl (C=O) groups is 2. The largest absolute Gasteiger partial charge is 0.481 e. The first kappa shape index (κ1) is 23.1. The molecule has 1 aliphatic rings. The molecule has 0 aromatic carbocycles. The van der Waals surface area contributed by atoms with E-state index >= 15 is 0 Å². The second kappa shape index (κ2) is 12.5. The number of hydrogen-bond acceptors (Lipinski definition) is 4. The smallest absolute Gasteiger partial charge is 0.303 e. The Morgan fingerprint density at radius 1 is 1.31 bits per heavy atom. The molecular weight excluding hydrogens is 356 g/mol. The molecule has 0 aromatic rings. The number of carboxylic acids is 1. The van der Waals surface area contributed by atoms with Crippen molar-refractivity contribution in [1.29, 1.82) is 0 Å². The van der Waals surface area contributed by atoms with Crippen molar-refractivity contribution >= 4 is 23.4 Å². The Morgan fingerprint density at radius 2 is 2.00 bits per heavy atom. The Balaban J connectivity index is 2.44. The lowest BCUT2D eigenvalue weighted by molar-refractivity contribution is -0.137. The third-order valence-electron chi connectivity index (χ3n) is 5.19. The summed E-state index contributed by atoms with van der Waals surface area (Å²) in [5, 5.41) is 28.9. The lowest BCUT2D eigenvalue weighted by Crippen LogP contribution is -2.19. The van der Waals surface area contributed by atoms with Crippen molar-refractivity contribution in [2.45, 2.75) is 76.9 Å². The van der Waals surface area contributed by atoms with Gasteiger partial charge in [-0.05, 0) is 31.6 Å². The van der Waals surface area contributed by atoms with Crippen LogP contribution in [0.15, 0.2) is 12.2 Å². The predicted octanol–water partition coefficient (Wildman–Crippen LogP) is 3.55. The van der Waals surface area contributed by atoms with Gasteiger partial charge in [-0.25, -0.2) is 0 Å². The zero-order valence-electron chi connectivity index (χ0n) is 15.6. The molecule has 1 aliphatic carbocycles. The molecule has 2 unspecified atom stereocenters. The third kappa shape index (κ3) is 8.65. The zero-order chi connectivity index (χ0) is 19.5. The molecule has 1 rings (SSSR count). The number of hydrogen-bond donors (Lipinski definition) is 3. The molecule has 0 spiro atoms. The van der Waals surface area contributed by atoms with E-state index in [1.807, 2.05) is 13.0 Å². The second-order valence-corrected chi connectivity index (χ2v) is 7.92. The monoisotopic (exact) mass is 388 g/mol. The molecule has 0 radical (unpaired) electrons. The van der Waals surface area contributed by atoms with Gasteiger partial charge in [0.15, 0.2) is 0 Å². The van der Waals surface area contributed by atoms with Crippen LogP contribution in [0.4, 0.5) is 0 Å². The van der Waals surface area contributed by atoms with E-state index in [4.69, 9.17) is 16.7 Å². The summed E-state index contributed by atoms with van der Waals surface area (Å²) in [7, 11) is 0. The molecule has 0 heterocycles. The van der Waals surface area contributed by atoms with E-state index < -0.39 is 18.2 Å². The van der Waals surface area contributed by atoms with Crippen molar-refractivity contribution in [3.05, 3.63) is 12.2 Å². The first-order valence-electron chi connectivity index (χ1n) is 9.70. The van der Waals surface area contributed by atoms with Crippen molar-refractivity contribution in [2.75, 3.05) is 5.88 Å². The summed E-state index contributed by atoms with van der Waals surface area (Å²) in [6, 6.07) is 0. The van der Waals surface area contributed by atoms with Gasteiger partial charge in [0.05, 0.1) is 12.2 Å². The molecule has 26 heavy (non-hydrogen) atoms. The molecule has 5 nitrogen and oxygen atoms in total. The van der Waals surface area contributed by atoms with Crippen LogP contribution in [0, 0.1) is 17.8 Å². The molecule has 5 atom stereocenters. The molecule has 0 aromatic heterocycles. The Morgan fingerprint density at radius 3 is 2.65 bits per heavy atom. The van der Waals surface area contributed by atoms with Crippen LogP contribution in [0.5, 0.6) is 0 Å². The number of carboxylic acid groups (broad SMARTS) is 1. The minimum absolute atomic E-state index is 0.0858. The maximum absolute atomic E-state index is 12.2. The number of carbonyl (C=O) groups excluding carboxylic acids is 1. The van der Waals surface area contributed by atoms with Gasteiger partial charge in [0.2, 0.25) is 0 Å². The van der Waals surface area contributed by atoms with E-state index in [-0.39, 0.29) is 30.5 Å². The summed E-state index contributed by atoms with van der Waals surface area (Å²) in [6.07, 6.45) is 8.02. The molecule has 0 saturated heterocycles. The third-order valence-corrected chi connectivity index (χ3v) is 5.41. The number of aliphatic hydroxyl groups excluding tert-OH is 2. The van der Waals surface area contributed by atoms with Gasteiger partial charge < -0.3 is 15.3 Å². The van der Waals surface area contributed by atoms with E-state index in [9.17, 15) is 19.8 Å². The van der Waals surface area contributed by atoms with Crippen LogP contribution >= 0.6 is 11.6 Å². The number of alkyl halides is 1. The Bertz CT molecular complexity index is 465. The van der Waals surface area contributed by atoms with E-state index in [0.717, 1.165) is 25.7 Å². The average molecular weight is 389 g/mol. The van der Waals surface area contributed by atoms with E-state index in [2.05, 4.69) is 0 Å². The highest BCUT2D eigenvalue weighted by atomic mass is 35.5. The predicted molar refractivity (Wildman–Crippen MR) is 102 cm³/mol. The van der Waals surface area contributed by atoms with Gasteiger partial charge >= 0.3 is 5.97 Å². The maximum Gasteiger partial charge on any atom is 0.303 e. The first-order valence-corrected chi connectivity index (χ1v) is 10.2. The van der Waals surface area contributed by atoms with E-state index in [1.165, 1.54) is 0 Å². The molecule has 0 aliphatic heterocycles. The number of aliphatic hydroxyl groups is 2. The topological polar surface area (TPSA) is 94.8 Å². The fourth-order valence-corrected chi connectivity index (χ4v) is 4.01. The maximum atomic E-state index is 12.2. The number of unbranched alkanes of at least 4 members (excludes halogenated alkanes) is 3. The highest BCUT2D eigenvalue weighted by Gasteiger charge is 2.39. The lowest BCUT2D eigenvalue weighted by Gasteiger charge is -2.18. The quantitative estimate of drug-likeness (QED) is 0.255. The summed E-state index contributed by atoms with van der Waals surface area (Å²) in [4.78, 5) is 22.6. The fraction of sp³-hybridized carbons (Fsp3) is 0.800. The van der Waals surface area contributed by atoms with Gasteiger partial charge in [0.25, 0.3) is 0 Å². The minimum Gasteiger partial charge on any atom is -0.481 e. The van der Waals surface area contributed by atoms with Gasteiger partial charge in [0, 0.05) is 30.6 Å².